The fourth-order valence-electron chi connectivity index (χ4n) is 11.7. The largest absolute Gasteiger partial charge is 4.00 e. The number of hydrogen-bond donors (Lipinski definition) is 0. The SMILES string of the molecule is CC(C)c1cccc(C(C)C)c1-c1ccc2c(c1)N(c1[c-]c(Oc3[c-]c4c(c(C(C)(C)C)c3)c3ccccc3n4-c3cc(C(C)(C)C)ccn3)ccc1)[CH-]N2c1cc(C(C)(C)c2ccccc2)cc(C(C)(C)c2ccccc2)c1.[CH3-].[Pt+4]. The molecule has 3 heterocycles. The number of anilines is 4. The normalized spacial score (nSPS) is 13.0. The van der Waals surface area contributed by atoms with Crippen LogP contribution in [0, 0.1) is 26.2 Å². The van der Waals surface area contributed by atoms with E-state index in [2.05, 4.69) is 300 Å². The number of hydrogen-bond acceptors (Lipinski definition) is 4. The maximum Gasteiger partial charge on any atom is 4.00 e. The standard InChI is InChI=1S/C74H75N4O.CH3.Pt/c1-48(2)60-32-24-33-61(49(3)4)69(60)50-35-36-65-66(39-50)76(47-77(65)57-41-54(73(11,12)51-25-17-15-18-26-51)40-55(42-57)74(13,14)52-27-19-16-20-28-52)56-29-23-30-58(44-56)79-59-45-63(72(8,9)10)70-62-31-21-22-34-64(62)78(67(70)46-59)68-43-53(37-38-75-68)71(5,6)7;;/h15-43,45,47-49H,1-14H3;1H3;/q-3;-1;+4. The first-order chi connectivity index (χ1) is 37.6. The summed E-state index contributed by atoms with van der Waals surface area (Å²) in [7, 11) is 0. The minimum atomic E-state index is -0.299. The van der Waals surface area contributed by atoms with E-state index in [0.29, 0.717) is 23.3 Å². The van der Waals surface area contributed by atoms with Crippen molar-refractivity contribution in [1.82, 2.24) is 9.55 Å². The molecule has 2 aromatic heterocycles. The molecule has 10 aromatic rings. The Morgan fingerprint density at radius 2 is 1.10 bits per heavy atom. The summed E-state index contributed by atoms with van der Waals surface area (Å²) >= 11 is 0. The van der Waals surface area contributed by atoms with E-state index in [1.807, 2.05) is 12.3 Å². The Kier molecular flexibility index (Phi) is 16.1. The van der Waals surface area contributed by atoms with Gasteiger partial charge in [-0.1, -0.05) is 217 Å². The zero-order valence-electron chi connectivity index (χ0n) is 50.1. The molecule has 0 unspecified atom stereocenters. The van der Waals surface area contributed by atoms with Crippen LogP contribution >= 0.6 is 0 Å². The molecule has 0 saturated carbocycles. The molecule has 11 rings (SSSR count). The average molecular weight is 1250 g/mol. The van der Waals surface area contributed by atoms with Crippen molar-refractivity contribution >= 4 is 44.6 Å². The third kappa shape index (κ3) is 10.9. The summed E-state index contributed by atoms with van der Waals surface area (Å²) in [6.07, 6.45) is 1.93. The fourth-order valence-corrected chi connectivity index (χ4v) is 11.7. The molecule has 81 heavy (non-hydrogen) atoms. The number of rotatable bonds is 12. The number of para-hydroxylation sites is 1. The van der Waals surface area contributed by atoms with Gasteiger partial charge >= 0.3 is 21.1 Å². The topological polar surface area (TPSA) is 33.5 Å². The maximum absolute atomic E-state index is 7.06. The smallest absolute Gasteiger partial charge is 0.509 e. The van der Waals surface area contributed by atoms with Crippen LogP contribution in [0.25, 0.3) is 38.8 Å². The molecule has 0 bridgehead atoms. The summed E-state index contributed by atoms with van der Waals surface area (Å²) in [5.41, 5.74) is 17.8. The van der Waals surface area contributed by atoms with E-state index < -0.39 is 0 Å². The van der Waals surface area contributed by atoms with Gasteiger partial charge in [0.1, 0.15) is 5.82 Å². The van der Waals surface area contributed by atoms with E-state index in [1.54, 1.807) is 0 Å². The van der Waals surface area contributed by atoms with Gasteiger partial charge < -0.3 is 26.5 Å². The maximum atomic E-state index is 7.06. The van der Waals surface area contributed by atoms with Gasteiger partial charge in [-0.05, 0) is 121 Å². The zero-order chi connectivity index (χ0) is 55.8. The predicted octanol–water partition coefficient (Wildman–Crippen LogP) is 20.6. The minimum Gasteiger partial charge on any atom is -0.509 e. The first kappa shape index (κ1) is 58.5. The van der Waals surface area contributed by atoms with Crippen molar-refractivity contribution in [2.24, 2.45) is 0 Å². The van der Waals surface area contributed by atoms with E-state index in [1.165, 1.54) is 55.6 Å². The number of ether oxygens (including phenoxy) is 1. The molecular formula is C75H78N4OPt. The Bertz CT molecular complexity index is 3800. The molecule has 6 heteroatoms. The van der Waals surface area contributed by atoms with Crippen LogP contribution in [0.4, 0.5) is 22.7 Å². The number of aromatic nitrogens is 2. The van der Waals surface area contributed by atoms with E-state index >= 15 is 0 Å². The van der Waals surface area contributed by atoms with Gasteiger partial charge in [0.15, 0.2) is 0 Å². The summed E-state index contributed by atoms with van der Waals surface area (Å²) in [6.45, 7) is 34.4. The first-order valence-electron chi connectivity index (χ1n) is 28.2. The second-order valence-corrected chi connectivity index (χ2v) is 25.5. The summed E-state index contributed by atoms with van der Waals surface area (Å²) < 4.78 is 9.31. The van der Waals surface area contributed by atoms with Gasteiger partial charge in [-0.2, -0.15) is 6.07 Å². The molecule has 0 atom stereocenters. The molecule has 0 amide bonds. The number of pyridine rings is 1. The molecule has 1 aliphatic rings. The third-order valence-electron chi connectivity index (χ3n) is 16.6. The van der Waals surface area contributed by atoms with Crippen LogP contribution in [-0.2, 0) is 42.7 Å². The molecule has 8 aromatic carbocycles. The van der Waals surface area contributed by atoms with Crippen LogP contribution in [0.2, 0.25) is 0 Å². The molecular weight excluding hydrogens is 1170 g/mol. The van der Waals surface area contributed by atoms with Crippen LogP contribution in [0.15, 0.2) is 182 Å². The second-order valence-electron chi connectivity index (χ2n) is 25.5. The van der Waals surface area contributed by atoms with Crippen LogP contribution < -0.4 is 14.5 Å². The number of fused-ring (bicyclic) bond motifs is 4. The monoisotopic (exact) mass is 1250 g/mol. The summed E-state index contributed by atoms with van der Waals surface area (Å²) in [4.78, 5) is 9.68. The van der Waals surface area contributed by atoms with Gasteiger partial charge in [0.25, 0.3) is 0 Å². The van der Waals surface area contributed by atoms with E-state index in [4.69, 9.17) is 9.72 Å². The molecule has 0 aliphatic carbocycles. The number of nitrogens with zero attached hydrogens (tertiary/aromatic N) is 4. The summed E-state index contributed by atoms with van der Waals surface area (Å²) in [5.74, 6) is 2.75. The van der Waals surface area contributed by atoms with Crippen molar-refractivity contribution in [3.05, 3.63) is 253 Å². The van der Waals surface area contributed by atoms with Gasteiger partial charge in [0.05, 0.1) is 0 Å². The predicted molar refractivity (Wildman–Crippen MR) is 339 cm³/mol. The van der Waals surface area contributed by atoms with Gasteiger partial charge in [0.2, 0.25) is 0 Å². The van der Waals surface area contributed by atoms with Gasteiger partial charge in [0, 0.05) is 51.1 Å². The molecule has 5 nitrogen and oxygen atoms in total. The Morgan fingerprint density at radius 3 is 1.69 bits per heavy atom. The van der Waals surface area contributed by atoms with Crippen molar-refractivity contribution in [1.29, 1.82) is 0 Å². The van der Waals surface area contributed by atoms with Crippen molar-refractivity contribution in [3.8, 4) is 28.4 Å². The second kappa shape index (κ2) is 22.3. The van der Waals surface area contributed by atoms with Crippen LogP contribution in [0.3, 0.4) is 0 Å². The molecule has 0 radical (unpaired) electrons. The fraction of sp³-hybridized carbons (Fsp3) is 0.267. The zero-order valence-corrected chi connectivity index (χ0v) is 52.3. The first-order valence-corrected chi connectivity index (χ1v) is 28.2. The van der Waals surface area contributed by atoms with Crippen molar-refractivity contribution in [2.75, 3.05) is 9.80 Å². The van der Waals surface area contributed by atoms with Crippen molar-refractivity contribution < 1.29 is 25.8 Å². The molecule has 0 N–H and O–H groups in total. The van der Waals surface area contributed by atoms with Gasteiger partial charge in [-0.15, -0.1) is 48.3 Å². The van der Waals surface area contributed by atoms with Crippen molar-refractivity contribution in [2.45, 2.75) is 130 Å². The summed E-state index contributed by atoms with van der Waals surface area (Å²) in [6, 6.07) is 71.9. The third-order valence-corrected chi connectivity index (χ3v) is 16.6. The van der Waals surface area contributed by atoms with Gasteiger partial charge in [-0.25, -0.2) is 4.98 Å². The molecule has 0 spiro atoms. The molecule has 414 valence electrons. The quantitative estimate of drug-likeness (QED) is 0.114. The number of benzene rings is 8. The molecule has 1 aliphatic heterocycles. The average Bonchev–Trinajstić information content (AvgIpc) is 4.24. The summed E-state index contributed by atoms with van der Waals surface area (Å²) in [5, 5.41) is 2.32. The van der Waals surface area contributed by atoms with Gasteiger partial charge in [-0.3, -0.25) is 0 Å². The Balaban J connectivity index is 0.00000396. The van der Waals surface area contributed by atoms with Crippen LogP contribution in [0.1, 0.15) is 153 Å². The van der Waals surface area contributed by atoms with E-state index in [9.17, 15) is 0 Å². The van der Waals surface area contributed by atoms with E-state index in [0.717, 1.165) is 50.4 Å². The minimum absolute atomic E-state index is 0. The van der Waals surface area contributed by atoms with Crippen LogP contribution in [0.5, 0.6) is 11.5 Å². The Hall–Kier alpha value is -7.20. The molecule has 0 saturated heterocycles. The Morgan fingerprint density at radius 1 is 0.506 bits per heavy atom. The molecule has 0 fully saturated rings. The van der Waals surface area contributed by atoms with Crippen LogP contribution in [-0.4, -0.2) is 9.55 Å². The Labute approximate surface area is 498 Å². The van der Waals surface area contributed by atoms with E-state index in [-0.39, 0.29) is 50.2 Å². The van der Waals surface area contributed by atoms with Crippen molar-refractivity contribution in [3.63, 3.8) is 0 Å².